The molecule has 30 heavy (non-hydrogen) atoms. The molecule has 0 bridgehead atoms. The van der Waals surface area contributed by atoms with Gasteiger partial charge in [0.15, 0.2) is 0 Å². The normalized spacial score (nSPS) is 15.4. The van der Waals surface area contributed by atoms with Gasteiger partial charge < -0.3 is 9.47 Å². The van der Waals surface area contributed by atoms with Crippen LogP contribution in [0.2, 0.25) is 16.6 Å². The van der Waals surface area contributed by atoms with Crippen molar-refractivity contribution in [1.82, 2.24) is 4.90 Å². The van der Waals surface area contributed by atoms with Crippen molar-refractivity contribution in [3.8, 4) is 17.2 Å². The molecular formula is C23H36N2O4Si. The zero-order valence-corrected chi connectivity index (χ0v) is 20.2. The van der Waals surface area contributed by atoms with Gasteiger partial charge in [-0.25, -0.2) is 0 Å². The van der Waals surface area contributed by atoms with Crippen LogP contribution in [0.4, 0.5) is 5.69 Å². The van der Waals surface area contributed by atoms with E-state index >= 15 is 0 Å². The number of nitro benzene ring substituents is 1. The highest BCUT2D eigenvalue weighted by atomic mass is 28.3. The Morgan fingerprint density at radius 1 is 1.10 bits per heavy atom. The number of hydrogen-bond acceptors (Lipinski definition) is 5. The van der Waals surface area contributed by atoms with E-state index in [9.17, 15) is 10.1 Å². The highest BCUT2D eigenvalue weighted by Crippen LogP contribution is 2.40. The number of rotatable bonds is 8. The van der Waals surface area contributed by atoms with Gasteiger partial charge >= 0.3 is 0 Å². The standard InChI is InChI=1S/C23H36N2O4Si/c1-18(2)30(19(3)4,20(5)6)14-7-21-15-22(25(26)27)17-23(16-21)29-13-10-24-8-11-28-12-9-24/h15-20H,8-13H2,1-6H3. The van der Waals surface area contributed by atoms with E-state index in [0.717, 1.165) is 32.8 Å². The van der Waals surface area contributed by atoms with Gasteiger partial charge in [0.05, 0.1) is 24.2 Å². The Morgan fingerprint density at radius 3 is 2.23 bits per heavy atom. The van der Waals surface area contributed by atoms with E-state index in [1.165, 1.54) is 6.07 Å². The predicted octanol–water partition coefficient (Wildman–Crippen LogP) is 4.88. The minimum Gasteiger partial charge on any atom is -0.492 e. The summed E-state index contributed by atoms with van der Waals surface area (Å²) in [5.74, 6) is 3.81. The van der Waals surface area contributed by atoms with Gasteiger partial charge in [0.25, 0.3) is 5.69 Å². The van der Waals surface area contributed by atoms with Crippen molar-refractivity contribution < 1.29 is 14.4 Å². The number of nitrogens with zero attached hydrogens (tertiary/aromatic N) is 2. The van der Waals surface area contributed by atoms with Crippen LogP contribution >= 0.6 is 0 Å². The molecule has 7 heteroatoms. The molecule has 0 aliphatic carbocycles. The predicted molar refractivity (Wildman–Crippen MR) is 124 cm³/mol. The Labute approximate surface area is 182 Å². The van der Waals surface area contributed by atoms with E-state index in [2.05, 4.69) is 57.9 Å². The minimum absolute atomic E-state index is 0.0223. The highest BCUT2D eigenvalue weighted by molar-refractivity contribution is 6.90. The molecule has 0 amide bonds. The molecular weight excluding hydrogens is 396 g/mol. The second-order valence-corrected chi connectivity index (χ2v) is 14.5. The van der Waals surface area contributed by atoms with E-state index in [0.29, 0.717) is 34.5 Å². The maximum Gasteiger partial charge on any atom is 0.274 e. The molecule has 0 spiro atoms. The first-order valence-corrected chi connectivity index (χ1v) is 13.2. The molecule has 0 N–H and O–H groups in total. The lowest BCUT2D eigenvalue weighted by atomic mass is 10.2. The average Bonchev–Trinajstić information content (AvgIpc) is 2.68. The molecule has 1 aliphatic heterocycles. The van der Waals surface area contributed by atoms with Crippen molar-refractivity contribution in [2.45, 2.75) is 58.2 Å². The smallest absolute Gasteiger partial charge is 0.274 e. The summed E-state index contributed by atoms with van der Waals surface area (Å²) in [6, 6.07) is 4.88. The third-order valence-electron chi connectivity index (χ3n) is 6.17. The Bertz CT molecular complexity index is 755. The SMILES string of the molecule is CC(C)[Si](C#Cc1cc(OCCN2CCOCC2)cc([N+](=O)[O-])c1)(C(C)C)C(C)C. The summed E-state index contributed by atoms with van der Waals surface area (Å²) >= 11 is 0. The van der Waals surface area contributed by atoms with Crippen LogP contribution in [-0.2, 0) is 4.74 Å². The summed E-state index contributed by atoms with van der Waals surface area (Å²) < 4.78 is 11.2. The van der Waals surface area contributed by atoms with Crippen LogP contribution in [0.1, 0.15) is 47.1 Å². The largest absolute Gasteiger partial charge is 0.492 e. The molecule has 1 aliphatic rings. The second kappa shape index (κ2) is 10.9. The third kappa shape index (κ3) is 6.07. The average molecular weight is 433 g/mol. The van der Waals surface area contributed by atoms with Gasteiger partial charge in [0.2, 0.25) is 0 Å². The number of morpholine rings is 1. The van der Waals surface area contributed by atoms with Crippen LogP contribution < -0.4 is 4.74 Å². The van der Waals surface area contributed by atoms with Gasteiger partial charge in [-0.1, -0.05) is 47.5 Å². The first-order chi connectivity index (χ1) is 14.2. The Hall–Kier alpha value is -1.88. The molecule has 0 radical (unpaired) electrons. The first-order valence-electron chi connectivity index (χ1n) is 10.9. The number of ether oxygens (including phenoxy) is 2. The van der Waals surface area contributed by atoms with Gasteiger partial charge in [0, 0.05) is 31.3 Å². The molecule has 2 rings (SSSR count). The molecule has 1 saturated heterocycles. The van der Waals surface area contributed by atoms with E-state index in [1.54, 1.807) is 6.07 Å². The van der Waals surface area contributed by atoms with Crippen LogP contribution in [0, 0.1) is 21.6 Å². The van der Waals surface area contributed by atoms with Crippen molar-refractivity contribution in [3.63, 3.8) is 0 Å². The van der Waals surface area contributed by atoms with Crippen LogP contribution in [0.5, 0.6) is 5.75 Å². The van der Waals surface area contributed by atoms with Crippen LogP contribution in [-0.4, -0.2) is 57.4 Å². The summed E-state index contributed by atoms with van der Waals surface area (Å²) in [5.41, 5.74) is 5.84. The summed E-state index contributed by atoms with van der Waals surface area (Å²) in [5, 5.41) is 11.4. The van der Waals surface area contributed by atoms with Gasteiger partial charge in [-0.15, -0.1) is 5.54 Å². The van der Waals surface area contributed by atoms with E-state index in [4.69, 9.17) is 9.47 Å². The Morgan fingerprint density at radius 2 is 1.70 bits per heavy atom. The minimum atomic E-state index is -1.91. The third-order valence-corrected chi connectivity index (χ3v) is 12.5. The summed E-state index contributed by atoms with van der Waals surface area (Å²) in [4.78, 5) is 13.3. The molecule has 1 aromatic rings. The van der Waals surface area contributed by atoms with Gasteiger partial charge in [-0.2, -0.15) is 0 Å². The summed E-state index contributed by atoms with van der Waals surface area (Å²) in [7, 11) is -1.91. The lowest BCUT2D eigenvalue weighted by Gasteiger charge is -2.38. The molecule has 0 atom stereocenters. The molecule has 1 fully saturated rings. The molecule has 166 valence electrons. The van der Waals surface area contributed by atoms with Crippen molar-refractivity contribution >= 4 is 13.8 Å². The number of nitro groups is 1. The molecule has 0 saturated carbocycles. The van der Waals surface area contributed by atoms with Crippen molar-refractivity contribution in [1.29, 1.82) is 0 Å². The summed E-state index contributed by atoms with van der Waals surface area (Å²) in [6.45, 7) is 18.1. The molecule has 0 unspecified atom stereocenters. The molecule has 1 heterocycles. The number of hydrogen-bond donors (Lipinski definition) is 0. The van der Waals surface area contributed by atoms with Crippen LogP contribution in [0.3, 0.4) is 0 Å². The van der Waals surface area contributed by atoms with E-state index < -0.39 is 8.07 Å². The zero-order chi connectivity index (χ0) is 22.3. The second-order valence-electron chi connectivity index (χ2n) is 8.92. The Kier molecular flexibility index (Phi) is 8.89. The van der Waals surface area contributed by atoms with Gasteiger partial charge in [0.1, 0.15) is 20.4 Å². The maximum atomic E-state index is 11.4. The molecule has 1 aromatic carbocycles. The van der Waals surface area contributed by atoms with Gasteiger partial charge in [-0.05, 0) is 22.7 Å². The van der Waals surface area contributed by atoms with E-state index in [1.807, 2.05) is 6.07 Å². The Balaban J connectivity index is 2.25. The lowest BCUT2D eigenvalue weighted by Crippen LogP contribution is -2.43. The zero-order valence-electron chi connectivity index (χ0n) is 19.2. The quantitative estimate of drug-likeness (QED) is 0.254. The fraction of sp³-hybridized carbons (Fsp3) is 0.652. The topological polar surface area (TPSA) is 64.8 Å². The van der Waals surface area contributed by atoms with Gasteiger partial charge in [-0.3, -0.25) is 15.0 Å². The first kappa shape index (κ1) is 24.4. The molecule has 0 aromatic heterocycles. The number of benzene rings is 1. The monoisotopic (exact) mass is 432 g/mol. The van der Waals surface area contributed by atoms with Crippen molar-refractivity contribution in [2.75, 3.05) is 39.5 Å². The number of non-ortho nitro benzene ring substituents is 1. The summed E-state index contributed by atoms with van der Waals surface area (Å²) in [6.07, 6.45) is 0. The lowest BCUT2D eigenvalue weighted by molar-refractivity contribution is -0.385. The van der Waals surface area contributed by atoms with Crippen LogP contribution in [0.15, 0.2) is 18.2 Å². The fourth-order valence-corrected chi connectivity index (χ4v) is 9.80. The van der Waals surface area contributed by atoms with Crippen molar-refractivity contribution in [2.24, 2.45) is 0 Å². The maximum absolute atomic E-state index is 11.4. The molecule has 6 nitrogen and oxygen atoms in total. The van der Waals surface area contributed by atoms with Crippen molar-refractivity contribution in [3.05, 3.63) is 33.9 Å². The van der Waals surface area contributed by atoms with Crippen LogP contribution in [0.25, 0.3) is 0 Å². The highest BCUT2D eigenvalue weighted by Gasteiger charge is 2.41. The van der Waals surface area contributed by atoms with E-state index in [-0.39, 0.29) is 10.6 Å². The fourth-order valence-electron chi connectivity index (χ4n) is 4.58.